The highest BCUT2D eigenvalue weighted by molar-refractivity contribution is 7.92. The van der Waals surface area contributed by atoms with Crippen LogP contribution in [0, 0.1) is 5.82 Å². The number of ether oxygens (including phenoxy) is 1. The molecule has 0 aliphatic rings. The number of furan rings is 1. The predicted molar refractivity (Wildman–Crippen MR) is 163 cm³/mol. The summed E-state index contributed by atoms with van der Waals surface area (Å²) >= 11 is 0. The smallest absolute Gasteiger partial charge is 0.342 e. The SMILES string of the molecule is CCOC(=O)c1c(-c2ccc(F)cc2)oc2cc(N(CCNCc3ccccc3)S(C)(=O)=O)c(-c3ccccc3)cc12. The molecule has 0 amide bonds. The van der Waals surface area contributed by atoms with E-state index in [2.05, 4.69) is 5.32 Å². The van der Waals surface area contributed by atoms with Crippen molar-refractivity contribution >= 4 is 32.6 Å². The van der Waals surface area contributed by atoms with Gasteiger partial charge in [-0.2, -0.15) is 0 Å². The number of anilines is 1. The number of hydrogen-bond donors (Lipinski definition) is 1. The van der Waals surface area contributed by atoms with E-state index in [1.54, 1.807) is 19.1 Å². The molecule has 9 heteroatoms. The minimum Gasteiger partial charge on any atom is -0.462 e. The van der Waals surface area contributed by atoms with Crippen molar-refractivity contribution in [3.8, 4) is 22.5 Å². The molecule has 0 radical (unpaired) electrons. The largest absolute Gasteiger partial charge is 0.462 e. The molecule has 4 aromatic carbocycles. The molecule has 7 nitrogen and oxygen atoms in total. The first kappa shape index (κ1) is 29.0. The second-order valence-electron chi connectivity index (χ2n) is 9.76. The molecule has 0 fully saturated rings. The predicted octanol–water partition coefficient (Wildman–Crippen LogP) is 6.64. The van der Waals surface area contributed by atoms with E-state index < -0.39 is 21.8 Å². The molecule has 216 valence electrons. The third-order valence-electron chi connectivity index (χ3n) is 6.81. The molecule has 0 atom stereocenters. The van der Waals surface area contributed by atoms with Crippen LogP contribution < -0.4 is 9.62 Å². The van der Waals surface area contributed by atoms with Gasteiger partial charge in [-0.05, 0) is 48.4 Å². The van der Waals surface area contributed by atoms with E-state index in [1.807, 2.05) is 60.7 Å². The standard InChI is InChI=1S/C33H31FN2O5S/c1-3-40-33(37)31-28-20-27(24-12-8-5-9-13-24)29(21-30(28)41-32(31)25-14-16-26(34)17-15-25)36(42(2,38)39)19-18-35-22-23-10-6-4-7-11-23/h4-17,20-21,35H,3,18-19,22H2,1-2H3. The van der Waals surface area contributed by atoms with Gasteiger partial charge in [0.25, 0.3) is 0 Å². The number of halogens is 1. The topological polar surface area (TPSA) is 88.8 Å². The van der Waals surface area contributed by atoms with Crippen LogP contribution in [0.1, 0.15) is 22.8 Å². The molecule has 1 heterocycles. The highest BCUT2D eigenvalue weighted by atomic mass is 32.2. The Hall–Kier alpha value is -4.47. The molecular weight excluding hydrogens is 555 g/mol. The van der Waals surface area contributed by atoms with E-state index in [-0.39, 0.29) is 24.5 Å². The van der Waals surface area contributed by atoms with Gasteiger partial charge in [0.1, 0.15) is 22.7 Å². The van der Waals surface area contributed by atoms with Crippen LogP contribution in [0.3, 0.4) is 0 Å². The Balaban J connectivity index is 1.64. The molecule has 0 unspecified atom stereocenters. The number of nitrogens with one attached hydrogen (secondary N) is 1. The Morgan fingerprint density at radius 3 is 2.24 bits per heavy atom. The fraction of sp³-hybridized carbons (Fsp3) is 0.182. The number of sulfonamides is 1. The van der Waals surface area contributed by atoms with Crippen molar-refractivity contribution in [3.63, 3.8) is 0 Å². The maximum Gasteiger partial charge on any atom is 0.342 e. The molecule has 5 aromatic rings. The van der Waals surface area contributed by atoms with Crippen LogP contribution in [0.25, 0.3) is 33.4 Å². The van der Waals surface area contributed by atoms with Crippen molar-refractivity contribution in [3.05, 3.63) is 114 Å². The number of benzene rings is 4. The first-order chi connectivity index (χ1) is 20.3. The van der Waals surface area contributed by atoms with Crippen LogP contribution in [0.5, 0.6) is 0 Å². The fourth-order valence-electron chi connectivity index (χ4n) is 4.87. The van der Waals surface area contributed by atoms with Crippen LogP contribution in [-0.4, -0.2) is 40.3 Å². The molecule has 0 aliphatic carbocycles. The lowest BCUT2D eigenvalue weighted by atomic mass is 9.98. The zero-order valence-electron chi connectivity index (χ0n) is 23.3. The molecule has 0 saturated heterocycles. The van der Waals surface area contributed by atoms with E-state index in [4.69, 9.17) is 9.15 Å². The highest BCUT2D eigenvalue weighted by Gasteiger charge is 2.28. The average molecular weight is 587 g/mol. The number of esters is 1. The van der Waals surface area contributed by atoms with E-state index >= 15 is 0 Å². The Kier molecular flexibility index (Phi) is 8.70. The van der Waals surface area contributed by atoms with Crippen molar-refractivity contribution in [2.45, 2.75) is 13.5 Å². The van der Waals surface area contributed by atoms with Crippen LogP contribution in [0.2, 0.25) is 0 Å². The van der Waals surface area contributed by atoms with Gasteiger partial charge in [-0.15, -0.1) is 0 Å². The third kappa shape index (κ3) is 6.37. The summed E-state index contributed by atoms with van der Waals surface area (Å²) in [4.78, 5) is 13.2. The summed E-state index contributed by atoms with van der Waals surface area (Å²) in [6.07, 6.45) is 1.17. The number of fused-ring (bicyclic) bond motifs is 1. The zero-order valence-corrected chi connectivity index (χ0v) is 24.2. The summed E-state index contributed by atoms with van der Waals surface area (Å²) in [5.74, 6) is -0.798. The van der Waals surface area contributed by atoms with E-state index in [1.165, 1.54) is 34.8 Å². The van der Waals surface area contributed by atoms with E-state index in [0.29, 0.717) is 40.9 Å². The van der Waals surface area contributed by atoms with Gasteiger partial charge in [0.15, 0.2) is 0 Å². The van der Waals surface area contributed by atoms with Crippen LogP contribution in [0.15, 0.2) is 101 Å². The summed E-state index contributed by atoms with van der Waals surface area (Å²) in [6, 6.07) is 28.2. The minimum absolute atomic E-state index is 0.149. The third-order valence-corrected chi connectivity index (χ3v) is 7.99. The lowest BCUT2D eigenvalue weighted by Gasteiger charge is -2.25. The summed E-state index contributed by atoms with van der Waals surface area (Å²) in [7, 11) is -3.73. The average Bonchev–Trinajstić information content (AvgIpc) is 3.36. The van der Waals surface area contributed by atoms with E-state index in [0.717, 1.165) is 11.1 Å². The number of carbonyl (C=O) groups is 1. The highest BCUT2D eigenvalue weighted by Crippen LogP contribution is 2.41. The number of carbonyl (C=O) groups excluding carboxylic acids is 1. The van der Waals surface area contributed by atoms with Gasteiger partial charge in [0, 0.05) is 42.2 Å². The van der Waals surface area contributed by atoms with Crippen molar-refractivity contribution in [1.29, 1.82) is 0 Å². The molecule has 0 aliphatic heterocycles. The Labute approximate surface area is 244 Å². The quantitative estimate of drug-likeness (QED) is 0.138. The Morgan fingerprint density at radius 1 is 0.929 bits per heavy atom. The Morgan fingerprint density at radius 2 is 1.60 bits per heavy atom. The number of nitrogens with zero attached hydrogens (tertiary/aromatic N) is 1. The van der Waals surface area contributed by atoms with Gasteiger partial charge < -0.3 is 14.5 Å². The molecular formula is C33H31FN2O5S. The molecule has 0 saturated carbocycles. The first-order valence-electron chi connectivity index (χ1n) is 13.6. The van der Waals surface area contributed by atoms with E-state index in [9.17, 15) is 17.6 Å². The number of rotatable bonds is 11. The second-order valence-corrected chi connectivity index (χ2v) is 11.7. The molecule has 0 spiro atoms. The maximum absolute atomic E-state index is 13.7. The summed E-state index contributed by atoms with van der Waals surface area (Å²) in [5.41, 5.74) is 3.85. The van der Waals surface area contributed by atoms with Crippen molar-refractivity contribution in [2.24, 2.45) is 0 Å². The van der Waals surface area contributed by atoms with Gasteiger partial charge in [0.2, 0.25) is 10.0 Å². The van der Waals surface area contributed by atoms with Crippen molar-refractivity contribution in [2.75, 3.05) is 30.3 Å². The van der Waals surface area contributed by atoms with Gasteiger partial charge in [-0.1, -0.05) is 60.7 Å². The summed E-state index contributed by atoms with van der Waals surface area (Å²) in [6.45, 7) is 3.00. The van der Waals surface area contributed by atoms with Crippen molar-refractivity contribution in [1.82, 2.24) is 5.32 Å². The summed E-state index contributed by atoms with van der Waals surface area (Å²) in [5, 5.41) is 3.78. The van der Waals surface area contributed by atoms with Gasteiger partial charge in [0.05, 0.1) is 18.6 Å². The normalized spacial score (nSPS) is 11.5. The lowest BCUT2D eigenvalue weighted by Crippen LogP contribution is -2.36. The maximum atomic E-state index is 13.7. The van der Waals surface area contributed by atoms with Crippen molar-refractivity contribution < 1.29 is 26.8 Å². The molecule has 5 rings (SSSR count). The summed E-state index contributed by atoms with van der Waals surface area (Å²) < 4.78 is 53.0. The van der Waals surface area contributed by atoms with Crippen LogP contribution >= 0.6 is 0 Å². The van der Waals surface area contributed by atoms with Gasteiger partial charge in [-0.3, -0.25) is 4.31 Å². The Bertz CT molecular complexity index is 1790. The second kappa shape index (κ2) is 12.6. The fourth-order valence-corrected chi connectivity index (χ4v) is 5.80. The van der Waals surface area contributed by atoms with Crippen LogP contribution in [0.4, 0.5) is 10.1 Å². The van der Waals surface area contributed by atoms with Gasteiger partial charge >= 0.3 is 5.97 Å². The first-order valence-corrected chi connectivity index (χ1v) is 15.4. The number of hydrogen-bond acceptors (Lipinski definition) is 6. The molecule has 0 bridgehead atoms. The molecule has 42 heavy (non-hydrogen) atoms. The molecule has 1 aromatic heterocycles. The molecule has 1 N–H and O–H groups in total. The zero-order chi connectivity index (χ0) is 29.7. The lowest BCUT2D eigenvalue weighted by molar-refractivity contribution is 0.0528. The van der Waals surface area contributed by atoms with Crippen LogP contribution in [-0.2, 0) is 21.3 Å². The minimum atomic E-state index is -3.73. The monoisotopic (exact) mass is 586 g/mol. The van der Waals surface area contributed by atoms with Gasteiger partial charge in [-0.25, -0.2) is 17.6 Å².